The van der Waals surface area contributed by atoms with Crippen molar-refractivity contribution in [1.82, 2.24) is 0 Å². The number of Topliss-reactive ketones (excluding diaryl/α,β-unsaturated/α-hetero) is 1. The van der Waals surface area contributed by atoms with Crippen molar-refractivity contribution >= 4 is 21.7 Å². The second-order valence-electron chi connectivity index (χ2n) is 4.13. The molecule has 2 aromatic carbocycles. The lowest BCUT2D eigenvalue weighted by Crippen LogP contribution is -2.22. The first-order chi connectivity index (χ1) is 9.09. The number of aliphatic hydroxyl groups excluding tert-OH is 1. The molecular weight excluding hydrogens is 311 g/mol. The van der Waals surface area contributed by atoms with Gasteiger partial charge >= 0.3 is 0 Å². The van der Waals surface area contributed by atoms with Crippen LogP contribution in [0.25, 0.3) is 0 Å². The zero-order chi connectivity index (χ0) is 13.8. The van der Waals surface area contributed by atoms with Crippen LogP contribution in [0.1, 0.15) is 22.0 Å². The van der Waals surface area contributed by atoms with Crippen molar-refractivity contribution < 1.29 is 14.3 Å². The molecule has 2 nitrogen and oxygen atoms in total. The smallest absolute Gasteiger partial charge is 0.179 e. The Morgan fingerprint density at radius 1 is 1.05 bits per heavy atom. The summed E-state index contributed by atoms with van der Waals surface area (Å²) >= 11 is 3.21. The van der Waals surface area contributed by atoms with Gasteiger partial charge in [0.15, 0.2) is 5.78 Å². The van der Waals surface area contributed by atoms with Crippen molar-refractivity contribution in [3.63, 3.8) is 0 Å². The largest absolute Gasteiger partial charge is 0.387 e. The van der Waals surface area contributed by atoms with Gasteiger partial charge in [-0.05, 0) is 17.7 Å². The highest BCUT2D eigenvalue weighted by Crippen LogP contribution is 2.25. The zero-order valence-corrected chi connectivity index (χ0v) is 11.5. The molecule has 0 amide bonds. The van der Waals surface area contributed by atoms with Crippen molar-refractivity contribution in [2.75, 3.05) is 0 Å². The highest BCUT2D eigenvalue weighted by Gasteiger charge is 2.26. The Bertz CT molecular complexity index is 554. The SMILES string of the molecule is O=C(c1ccccc1)[C@@H](Br)[C@H](O)c1ccc(F)cc1. The van der Waals surface area contributed by atoms with Crippen molar-refractivity contribution in [2.24, 2.45) is 0 Å². The van der Waals surface area contributed by atoms with Gasteiger partial charge in [-0.2, -0.15) is 0 Å². The number of carbonyl (C=O) groups excluding carboxylic acids is 1. The topological polar surface area (TPSA) is 37.3 Å². The number of alkyl halides is 1. The second-order valence-corrected chi connectivity index (χ2v) is 5.11. The third-order valence-corrected chi connectivity index (χ3v) is 3.71. The highest BCUT2D eigenvalue weighted by atomic mass is 79.9. The number of hydrogen-bond donors (Lipinski definition) is 1. The minimum atomic E-state index is -1.02. The van der Waals surface area contributed by atoms with Crippen LogP contribution in [0.2, 0.25) is 0 Å². The van der Waals surface area contributed by atoms with Gasteiger partial charge in [-0.25, -0.2) is 4.39 Å². The number of benzene rings is 2. The van der Waals surface area contributed by atoms with Crippen molar-refractivity contribution in [1.29, 1.82) is 0 Å². The van der Waals surface area contributed by atoms with Gasteiger partial charge in [0.1, 0.15) is 10.6 Å². The van der Waals surface area contributed by atoms with Crippen LogP contribution >= 0.6 is 15.9 Å². The van der Waals surface area contributed by atoms with Crippen LogP contribution in [-0.2, 0) is 0 Å². The summed E-state index contributed by atoms with van der Waals surface area (Å²) in [6.07, 6.45) is -1.02. The monoisotopic (exact) mass is 322 g/mol. The van der Waals surface area contributed by atoms with E-state index in [2.05, 4.69) is 15.9 Å². The fraction of sp³-hybridized carbons (Fsp3) is 0.133. The van der Waals surface area contributed by atoms with E-state index >= 15 is 0 Å². The summed E-state index contributed by atoms with van der Waals surface area (Å²) in [6, 6.07) is 14.2. The molecule has 0 unspecified atom stereocenters. The van der Waals surface area contributed by atoms with E-state index in [-0.39, 0.29) is 11.6 Å². The Hall–Kier alpha value is -1.52. The summed E-state index contributed by atoms with van der Waals surface area (Å²) < 4.78 is 12.8. The van der Waals surface area contributed by atoms with E-state index in [0.717, 1.165) is 0 Å². The first kappa shape index (κ1) is 13.9. The molecule has 0 saturated carbocycles. The van der Waals surface area contributed by atoms with Gasteiger partial charge in [0, 0.05) is 5.56 Å². The third kappa shape index (κ3) is 3.28. The quantitative estimate of drug-likeness (QED) is 0.691. The van der Waals surface area contributed by atoms with E-state index in [0.29, 0.717) is 11.1 Å². The molecule has 1 N–H and O–H groups in total. The van der Waals surface area contributed by atoms with Crippen molar-refractivity contribution in [2.45, 2.75) is 10.9 Å². The molecule has 0 aliphatic carbocycles. The molecule has 98 valence electrons. The molecule has 0 aliphatic rings. The van der Waals surface area contributed by atoms with Crippen LogP contribution in [0, 0.1) is 5.82 Å². The van der Waals surface area contributed by atoms with Gasteiger partial charge in [0.05, 0.1) is 6.10 Å². The third-order valence-electron chi connectivity index (χ3n) is 2.80. The summed E-state index contributed by atoms with van der Waals surface area (Å²) in [7, 11) is 0. The molecular formula is C15H12BrFO2. The lowest BCUT2D eigenvalue weighted by atomic mass is 10.00. The number of ketones is 1. The van der Waals surface area contributed by atoms with Crippen molar-refractivity contribution in [3.05, 3.63) is 71.5 Å². The van der Waals surface area contributed by atoms with Crippen molar-refractivity contribution in [3.8, 4) is 0 Å². The summed E-state index contributed by atoms with van der Waals surface area (Å²) in [6.45, 7) is 0. The summed E-state index contributed by atoms with van der Waals surface area (Å²) in [5.74, 6) is -0.589. The number of rotatable bonds is 4. The second kappa shape index (κ2) is 6.08. The lowest BCUT2D eigenvalue weighted by Gasteiger charge is -2.16. The van der Waals surface area contributed by atoms with E-state index in [9.17, 15) is 14.3 Å². The van der Waals surface area contributed by atoms with Gasteiger partial charge < -0.3 is 5.11 Å². The summed E-state index contributed by atoms with van der Waals surface area (Å²) in [5.41, 5.74) is 1.01. The van der Waals surface area contributed by atoms with Crippen LogP contribution in [0.4, 0.5) is 4.39 Å². The molecule has 0 bridgehead atoms. The molecule has 2 atom stereocenters. The first-order valence-electron chi connectivity index (χ1n) is 5.76. The molecule has 0 radical (unpaired) electrons. The van der Waals surface area contributed by atoms with Gasteiger partial charge in [-0.15, -0.1) is 0 Å². The van der Waals surface area contributed by atoms with Gasteiger partial charge in [0.2, 0.25) is 0 Å². The van der Waals surface area contributed by atoms with E-state index in [1.54, 1.807) is 24.3 Å². The zero-order valence-electron chi connectivity index (χ0n) is 9.96. The maximum absolute atomic E-state index is 12.8. The molecule has 19 heavy (non-hydrogen) atoms. The molecule has 0 aromatic heterocycles. The Labute approximate surface area is 119 Å². The molecule has 0 saturated heterocycles. The van der Waals surface area contributed by atoms with Crippen LogP contribution in [0.15, 0.2) is 54.6 Å². The first-order valence-corrected chi connectivity index (χ1v) is 6.68. The Balaban J connectivity index is 2.17. The normalized spacial score (nSPS) is 13.8. The highest BCUT2D eigenvalue weighted by molar-refractivity contribution is 9.10. The van der Waals surface area contributed by atoms with Crippen LogP contribution in [0.5, 0.6) is 0 Å². The van der Waals surface area contributed by atoms with E-state index in [1.807, 2.05) is 6.07 Å². The molecule has 0 spiro atoms. The lowest BCUT2D eigenvalue weighted by molar-refractivity contribution is 0.0902. The number of carbonyl (C=O) groups is 1. The number of aliphatic hydroxyl groups is 1. The minimum absolute atomic E-state index is 0.211. The maximum Gasteiger partial charge on any atom is 0.179 e. The fourth-order valence-corrected chi connectivity index (χ4v) is 2.30. The molecule has 0 heterocycles. The number of hydrogen-bond acceptors (Lipinski definition) is 2. The molecule has 0 fully saturated rings. The Morgan fingerprint density at radius 3 is 2.21 bits per heavy atom. The molecule has 2 rings (SSSR count). The molecule has 0 aliphatic heterocycles. The average molecular weight is 323 g/mol. The van der Waals surface area contributed by atoms with E-state index in [4.69, 9.17) is 0 Å². The predicted octanol–water partition coefficient (Wildman–Crippen LogP) is 3.51. The van der Waals surface area contributed by atoms with Gasteiger partial charge in [-0.1, -0.05) is 58.4 Å². The Kier molecular flexibility index (Phi) is 4.45. The van der Waals surface area contributed by atoms with E-state index in [1.165, 1.54) is 24.3 Å². The fourth-order valence-electron chi connectivity index (χ4n) is 1.73. The van der Waals surface area contributed by atoms with Crippen LogP contribution in [0.3, 0.4) is 0 Å². The Morgan fingerprint density at radius 2 is 1.63 bits per heavy atom. The summed E-state index contributed by atoms with van der Waals surface area (Å²) in [4.78, 5) is 11.4. The van der Waals surface area contributed by atoms with Crippen LogP contribution in [-0.4, -0.2) is 15.7 Å². The maximum atomic E-state index is 12.8. The predicted molar refractivity (Wildman–Crippen MR) is 74.8 cm³/mol. The van der Waals surface area contributed by atoms with Gasteiger partial charge in [0.25, 0.3) is 0 Å². The standard InChI is InChI=1S/C15H12BrFO2/c16-13(14(18)10-4-2-1-3-5-10)15(19)11-6-8-12(17)9-7-11/h1-9,13,15,19H/t13-,15-/m1/s1. The van der Waals surface area contributed by atoms with E-state index < -0.39 is 10.9 Å². The summed E-state index contributed by atoms with van der Waals surface area (Å²) in [5, 5.41) is 10.1. The number of halogens is 2. The molecule has 2 aromatic rings. The average Bonchev–Trinajstić information content (AvgIpc) is 2.46. The van der Waals surface area contributed by atoms with Gasteiger partial charge in [-0.3, -0.25) is 4.79 Å². The minimum Gasteiger partial charge on any atom is -0.387 e. The molecule has 4 heteroatoms. The van der Waals surface area contributed by atoms with Crippen LogP contribution < -0.4 is 0 Å².